The Balaban J connectivity index is 0.00000243. The highest BCUT2D eigenvalue weighted by Gasteiger charge is 2.58. The average Bonchev–Trinajstić information content (AvgIpc) is 2.63. The number of hydrogen-bond donors (Lipinski definition) is 1. The largest absolute Gasteiger partial charge is 0.466 e. The number of fused-ring (bicyclic) bond motifs is 1. The van der Waals surface area contributed by atoms with Crippen LogP contribution in [0.2, 0.25) is 0 Å². The number of nitrogens with zero attached hydrogens (tertiary/aromatic N) is 2. The van der Waals surface area contributed by atoms with Gasteiger partial charge >= 0.3 is 5.97 Å². The van der Waals surface area contributed by atoms with E-state index >= 15 is 0 Å². The first kappa shape index (κ1) is 21.7. The molecule has 3 aliphatic rings. The van der Waals surface area contributed by atoms with Gasteiger partial charge in [0.15, 0.2) is 5.96 Å². The van der Waals surface area contributed by atoms with Crippen LogP contribution in [0.5, 0.6) is 0 Å². The Kier molecular flexibility index (Phi) is 7.59. The standard InChI is InChI=1S/C19H33N3O3.HI/c1-5-24-17(23)13-8-10-22(11-9-13)18(20-4)21-15-14-7-6-12-25-16(14)19(15,2)3;/h13-16H,5-12H2,1-4H3,(H,20,21);1H. The molecule has 1 aliphatic carbocycles. The summed E-state index contributed by atoms with van der Waals surface area (Å²) in [6.45, 7) is 9.50. The van der Waals surface area contributed by atoms with E-state index in [1.807, 2.05) is 14.0 Å². The first-order valence-corrected chi connectivity index (χ1v) is 9.75. The minimum Gasteiger partial charge on any atom is -0.466 e. The molecule has 3 atom stereocenters. The summed E-state index contributed by atoms with van der Waals surface area (Å²) in [5.74, 6) is 1.53. The van der Waals surface area contributed by atoms with Crippen LogP contribution in [-0.4, -0.2) is 62.3 Å². The van der Waals surface area contributed by atoms with Crippen LogP contribution in [-0.2, 0) is 14.3 Å². The summed E-state index contributed by atoms with van der Waals surface area (Å²) in [4.78, 5) is 18.7. The van der Waals surface area contributed by atoms with Gasteiger partial charge in [-0.25, -0.2) is 0 Å². The number of guanidine groups is 1. The van der Waals surface area contributed by atoms with Crippen molar-refractivity contribution in [2.45, 2.75) is 58.6 Å². The van der Waals surface area contributed by atoms with Gasteiger partial charge in [0, 0.05) is 44.1 Å². The van der Waals surface area contributed by atoms with Gasteiger partial charge in [0.05, 0.1) is 18.6 Å². The first-order valence-electron chi connectivity index (χ1n) is 9.75. The fourth-order valence-corrected chi connectivity index (χ4v) is 4.84. The van der Waals surface area contributed by atoms with Gasteiger partial charge in [0.25, 0.3) is 0 Å². The highest BCUT2D eigenvalue weighted by molar-refractivity contribution is 14.0. The zero-order chi connectivity index (χ0) is 18.0. The van der Waals surface area contributed by atoms with E-state index in [2.05, 4.69) is 29.1 Å². The maximum atomic E-state index is 11.9. The van der Waals surface area contributed by atoms with E-state index in [0.717, 1.165) is 44.9 Å². The predicted octanol–water partition coefficient (Wildman–Crippen LogP) is 2.66. The Hall–Kier alpha value is -0.570. The van der Waals surface area contributed by atoms with Crippen molar-refractivity contribution < 1.29 is 14.3 Å². The summed E-state index contributed by atoms with van der Waals surface area (Å²) < 4.78 is 11.2. The van der Waals surface area contributed by atoms with Gasteiger partial charge < -0.3 is 19.7 Å². The zero-order valence-electron chi connectivity index (χ0n) is 16.5. The quantitative estimate of drug-likeness (QED) is 0.292. The fraction of sp³-hybridized carbons (Fsp3) is 0.895. The van der Waals surface area contributed by atoms with E-state index in [4.69, 9.17) is 9.47 Å². The number of halogens is 1. The number of likely N-dealkylation sites (tertiary alicyclic amines) is 1. The van der Waals surface area contributed by atoms with Crippen LogP contribution in [0.4, 0.5) is 0 Å². The van der Waals surface area contributed by atoms with Gasteiger partial charge in [-0.2, -0.15) is 0 Å². The second-order valence-corrected chi connectivity index (χ2v) is 8.10. The Morgan fingerprint density at radius 2 is 2.00 bits per heavy atom. The number of esters is 1. The third-order valence-corrected chi connectivity index (χ3v) is 6.24. The van der Waals surface area contributed by atoms with Crippen LogP contribution in [0.25, 0.3) is 0 Å². The number of aliphatic imine (C=N–C) groups is 1. The first-order chi connectivity index (χ1) is 12.0. The minimum atomic E-state index is -0.0487. The molecule has 2 heterocycles. The molecule has 26 heavy (non-hydrogen) atoms. The second-order valence-electron chi connectivity index (χ2n) is 8.10. The lowest BCUT2D eigenvalue weighted by molar-refractivity contribution is -0.188. The van der Waals surface area contributed by atoms with Crippen molar-refractivity contribution in [3.05, 3.63) is 0 Å². The van der Waals surface area contributed by atoms with E-state index in [1.165, 1.54) is 6.42 Å². The van der Waals surface area contributed by atoms with E-state index in [9.17, 15) is 4.79 Å². The van der Waals surface area contributed by atoms with Crippen LogP contribution in [0, 0.1) is 17.3 Å². The number of piperidine rings is 1. The number of rotatable bonds is 3. The number of hydrogen-bond acceptors (Lipinski definition) is 4. The minimum absolute atomic E-state index is 0. The van der Waals surface area contributed by atoms with Crippen molar-refractivity contribution in [1.82, 2.24) is 10.2 Å². The molecule has 1 saturated carbocycles. The van der Waals surface area contributed by atoms with E-state index in [1.54, 1.807) is 0 Å². The predicted molar refractivity (Wildman–Crippen MR) is 113 cm³/mol. The van der Waals surface area contributed by atoms with Gasteiger partial charge in [0.2, 0.25) is 0 Å². The van der Waals surface area contributed by atoms with Gasteiger partial charge in [-0.05, 0) is 32.6 Å². The molecule has 150 valence electrons. The van der Waals surface area contributed by atoms with E-state index in [-0.39, 0.29) is 41.3 Å². The highest BCUT2D eigenvalue weighted by Crippen LogP contribution is 2.51. The Bertz CT molecular complexity index is 518. The molecule has 6 nitrogen and oxygen atoms in total. The van der Waals surface area contributed by atoms with Crippen molar-refractivity contribution in [3.63, 3.8) is 0 Å². The molecule has 0 amide bonds. The molecule has 0 bridgehead atoms. The molecule has 7 heteroatoms. The summed E-state index contributed by atoms with van der Waals surface area (Å²) in [6.07, 6.45) is 4.42. The maximum Gasteiger partial charge on any atom is 0.309 e. The van der Waals surface area contributed by atoms with Crippen LogP contribution in [0.3, 0.4) is 0 Å². The molecule has 3 fully saturated rings. The molecule has 2 saturated heterocycles. The molecule has 0 aromatic rings. The second kappa shape index (κ2) is 9.08. The Morgan fingerprint density at radius 1 is 1.31 bits per heavy atom. The van der Waals surface area contributed by atoms with Crippen LogP contribution in [0.1, 0.15) is 46.5 Å². The van der Waals surface area contributed by atoms with Gasteiger partial charge in [-0.15, -0.1) is 24.0 Å². The molecule has 3 rings (SSSR count). The maximum absolute atomic E-state index is 11.9. The number of carbonyl (C=O) groups is 1. The molecule has 0 spiro atoms. The summed E-state index contributed by atoms with van der Waals surface area (Å²) in [5, 5.41) is 3.71. The molecule has 0 radical (unpaired) electrons. The van der Waals surface area contributed by atoms with E-state index in [0.29, 0.717) is 24.7 Å². The fourth-order valence-electron chi connectivity index (χ4n) is 4.84. The summed E-state index contributed by atoms with van der Waals surface area (Å²) in [6, 6.07) is 0.402. The van der Waals surface area contributed by atoms with Crippen molar-refractivity contribution in [1.29, 1.82) is 0 Å². The van der Waals surface area contributed by atoms with Crippen LogP contribution < -0.4 is 5.32 Å². The summed E-state index contributed by atoms with van der Waals surface area (Å²) in [7, 11) is 1.85. The van der Waals surface area contributed by atoms with Gasteiger partial charge in [0.1, 0.15) is 0 Å². The highest BCUT2D eigenvalue weighted by atomic mass is 127. The number of carbonyl (C=O) groups excluding carboxylic acids is 1. The third kappa shape index (κ3) is 4.13. The molecular weight excluding hydrogens is 445 g/mol. The number of ether oxygens (including phenoxy) is 2. The summed E-state index contributed by atoms with van der Waals surface area (Å²) >= 11 is 0. The summed E-state index contributed by atoms with van der Waals surface area (Å²) in [5.41, 5.74) is 0.129. The van der Waals surface area contributed by atoms with Crippen molar-refractivity contribution >= 4 is 35.9 Å². The van der Waals surface area contributed by atoms with Gasteiger partial charge in [-0.1, -0.05) is 13.8 Å². The average molecular weight is 479 g/mol. The molecule has 0 aromatic carbocycles. The zero-order valence-corrected chi connectivity index (χ0v) is 18.8. The topological polar surface area (TPSA) is 63.2 Å². The normalized spacial score (nSPS) is 31.3. The van der Waals surface area contributed by atoms with Crippen LogP contribution in [0.15, 0.2) is 4.99 Å². The molecule has 2 aliphatic heterocycles. The van der Waals surface area contributed by atoms with Crippen molar-refractivity contribution in [2.75, 3.05) is 33.4 Å². The SMILES string of the molecule is CCOC(=O)C1CCN(C(=NC)NC2C3CCCOC3C2(C)C)CC1.I. The van der Waals surface area contributed by atoms with Crippen molar-refractivity contribution in [2.24, 2.45) is 22.2 Å². The lowest BCUT2D eigenvalue weighted by Crippen LogP contribution is -2.71. The Labute approximate surface area is 174 Å². The molecule has 1 N–H and O–H groups in total. The molecule has 3 unspecified atom stereocenters. The molecular formula is C19H34IN3O3. The number of nitrogens with one attached hydrogen (secondary N) is 1. The third-order valence-electron chi connectivity index (χ3n) is 6.24. The lowest BCUT2D eigenvalue weighted by Gasteiger charge is -2.60. The molecule has 0 aromatic heterocycles. The van der Waals surface area contributed by atoms with Crippen molar-refractivity contribution in [3.8, 4) is 0 Å². The smallest absolute Gasteiger partial charge is 0.309 e. The van der Waals surface area contributed by atoms with Crippen LogP contribution >= 0.6 is 24.0 Å². The monoisotopic (exact) mass is 479 g/mol. The van der Waals surface area contributed by atoms with E-state index < -0.39 is 0 Å². The lowest BCUT2D eigenvalue weighted by atomic mass is 9.55. The van der Waals surface area contributed by atoms with Gasteiger partial charge in [-0.3, -0.25) is 9.79 Å². The Morgan fingerprint density at radius 3 is 2.62 bits per heavy atom.